The number of rotatable bonds is 4. The minimum atomic E-state index is -0.133. The zero-order valence-electron chi connectivity index (χ0n) is 17.1. The van der Waals surface area contributed by atoms with E-state index in [0.717, 1.165) is 44.0 Å². The summed E-state index contributed by atoms with van der Waals surface area (Å²) in [5.41, 5.74) is 1.05. The number of hydrogen-bond donors (Lipinski definition) is 0. The number of imide groups is 1. The van der Waals surface area contributed by atoms with Crippen LogP contribution >= 0.6 is 11.3 Å². The number of carbonyl (C=O) groups is 3. The molecule has 2 aromatic rings. The Hall–Kier alpha value is -2.28. The maximum atomic E-state index is 12.7. The average molecular weight is 426 g/mol. The fourth-order valence-corrected chi connectivity index (χ4v) is 6.39. The summed E-state index contributed by atoms with van der Waals surface area (Å²) in [6, 6.07) is 8.20. The number of nitrogens with zero attached hydrogens (tertiary/aromatic N) is 3. The van der Waals surface area contributed by atoms with Crippen LogP contribution in [0.3, 0.4) is 0 Å². The second kappa shape index (κ2) is 8.10. The predicted molar refractivity (Wildman–Crippen MR) is 115 cm³/mol. The molecule has 1 aromatic heterocycles. The number of para-hydroxylation sites is 1. The van der Waals surface area contributed by atoms with Gasteiger partial charge < -0.3 is 4.90 Å². The maximum Gasteiger partial charge on any atom is 0.233 e. The average Bonchev–Trinajstić information content (AvgIpc) is 3.32. The van der Waals surface area contributed by atoms with Gasteiger partial charge in [0.15, 0.2) is 0 Å². The number of thiazole rings is 1. The molecule has 3 heterocycles. The summed E-state index contributed by atoms with van der Waals surface area (Å²) in [6.07, 6.45) is 5.75. The summed E-state index contributed by atoms with van der Waals surface area (Å²) in [6.45, 7) is 1.67. The Labute approximate surface area is 180 Å². The van der Waals surface area contributed by atoms with E-state index in [2.05, 4.69) is 6.07 Å². The Morgan fingerprint density at radius 1 is 1.00 bits per heavy atom. The molecule has 30 heavy (non-hydrogen) atoms. The number of fused-ring (bicyclic) bond motifs is 2. The zero-order valence-corrected chi connectivity index (χ0v) is 17.9. The Morgan fingerprint density at radius 3 is 2.33 bits per heavy atom. The fraction of sp³-hybridized carbons (Fsp3) is 0.565. The normalized spacial score (nSPS) is 25.2. The molecule has 158 valence electrons. The molecule has 2 atom stereocenters. The van der Waals surface area contributed by atoms with Crippen LogP contribution in [0.1, 0.15) is 55.9 Å². The zero-order chi connectivity index (χ0) is 20.7. The highest BCUT2D eigenvalue weighted by atomic mass is 32.1. The predicted octanol–water partition coefficient (Wildman–Crippen LogP) is 3.57. The first-order valence-corrected chi connectivity index (χ1v) is 11.9. The van der Waals surface area contributed by atoms with E-state index in [9.17, 15) is 14.4 Å². The highest BCUT2D eigenvalue weighted by Gasteiger charge is 2.47. The van der Waals surface area contributed by atoms with Crippen LogP contribution in [0.25, 0.3) is 10.2 Å². The third-order valence-electron chi connectivity index (χ3n) is 6.99. The molecule has 7 heteroatoms. The Morgan fingerprint density at radius 2 is 1.67 bits per heavy atom. The molecule has 1 saturated carbocycles. The van der Waals surface area contributed by atoms with Gasteiger partial charge in [0.25, 0.3) is 0 Å². The van der Waals surface area contributed by atoms with Gasteiger partial charge in [-0.15, -0.1) is 11.3 Å². The molecule has 3 amide bonds. The van der Waals surface area contributed by atoms with Crippen LogP contribution in [-0.4, -0.2) is 52.1 Å². The second-order valence-corrected chi connectivity index (χ2v) is 9.81. The van der Waals surface area contributed by atoms with Gasteiger partial charge in [-0.2, -0.15) is 0 Å². The first kappa shape index (κ1) is 19.7. The van der Waals surface area contributed by atoms with Gasteiger partial charge in [0.05, 0.1) is 27.1 Å². The number of aromatic nitrogens is 1. The molecule has 0 radical (unpaired) electrons. The third-order valence-corrected chi connectivity index (χ3v) is 8.19. The van der Waals surface area contributed by atoms with Crippen LogP contribution in [0.15, 0.2) is 24.3 Å². The molecule has 2 aliphatic heterocycles. The van der Waals surface area contributed by atoms with E-state index in [4.69, 9.17) is 4.98 Å². The number of benzene rings is 1. The quantitative estimate of drug-likeness (QED) is 0.702. The van der Waals surface area contributed by atoms with Crippen molar-refractivity contribution >= 4 is 39.3 Å². The molecule has 3 fully saturated rings. The van der Waals surface area contributed by atoms with Crippen LogP contribution in [0.2, 0.25) is 0 Å². The molecule has 6 nitrogen and oxygen atoms in total. The highest BCUT2D eigenvalue weighted by Crippen LogP contribution is 2.38. The summed E-state index contributed by atoms with van der Waals surface area (Å²) in [4.78, 5) is 45.9. The number of amides is 3. The smallest absolute Gasteiger partial charge is 0.233 e. The van der Waals surface area contributed by atoms with E-state index in [1.807, 2.05) is 23.1 Å². The lowest BCUT2D eigenvalue weighted by atomic mass is 9.81. The van der Waals surface area contributed by atoms with Gasteiger partial charge in [0.2, 0.25) is 17.7 Å². The molecule has 1 aromatic carbocycles. The van der Waals surface area contributed by atoms with Crippen molar-refractivity contribution in [2.75, 3.05) is 19.6 Å². The van der Waals surface area contributed by atoms with Crippen molar-refractivity contribution in [1.82, 2.24) is 14.8 Å². The lowest BCUT2D eigenvalue weighted by molar-refractivity contribution is -0.141. The Kier molecular flexibility index (Phi) is 5.31. The van der Waals surface area contributed by atoms with Crippen molar-refractivity contribution in [2.45, 2.75) is 50.9 Å². The van der Waals surface area contributed by atoms with Gasteiger partial charge in [0, 0.05) is 32.0 Å². The molecule has 0 N–H and O–H groups in total. The van der Waals surface area contributed by atoms with Gasteiger partial charge in [-0.25, -0.2) is 4.98 Å². The standard InChI is InChI=1S/C23H27N3O3S/c27-20(11-14-26-22(28)16-5-1-2-6-17(16)23(26)29)25-12-9-15(10-13-25)21-24-18-7-3-4-8-19(18)30-21/h3-4,7-8,15-17H,1-2,5-6,9-14H2/t16-,17-/m0/s1. The van der Waals surface area contributed by atoms with E-state index in [0.29, 0.717) is 19.0 Å². The Balaban J connectivity index is 1.14. The van der Waals surface area contributed by atoms with Gasteiger partial charge in [-0.1, -0.05) is 25.0 Å². The van der Waals surface area contributed by atoms with Crippen molar-refractivity contribution in [3.05, 3.63) is 29.3 Å². The van der Waals surface area contributed by atoms with Crippen LogP contribution in [0, 0.1) is 11.8 Å². The maximum absolute atomic E-state index is 12.7. The van der Waals surface area contributed by atoms with Crippen molar-refractivity contribution in [1.29, 1.82) is 0 Å². The number of piperidine rings is 1. The Bertz CT molecular complexity index is 922. The van der Waals surface area contributed by atoms with Crippen molar-refractivity contribution in [2.24, 2.45) is 11.8 Å². The second-order valence-electron chi connectivity index (χ2n) is 8.75. The topological polar surface area (TPSA) is 70.6 Å². The van der Waals surface area contributed by atoms with E-state index < -0.39 is 0 Å². The minimum absolute atomic E-state index is 0.0490. The summed E-state index contributed by atoms with van der Waals surface area (Å²) in [5.74, 6) is 0.0837. The molecule has 0 bridgehead atoms. The number of likely N-dealkylation sites (tertiary alicyclic amines) is 2. The van der Waals surface area contributed by atoms with E-state index >= 15 is 0 Å². The van der Waals surface area contributed by atoms with Crippen LogP contribution in [0.5, 0.6) is 0 Å². The summed E-state index contributed by atoms with van der Waals surface area (Å²) >= 11 is 1.75. The summed E-state index contributed by atoms with van der Waals surface area (Å²) in [7, 11) is 0. The highest BCUT2D eigenvalue weighted by molar-refractivity contribution is 7.18. The molecule has 1 aliphatic carbocycles. The molecule has 5 rings (SSSR count). The first-order valence-electron chi connectivity index (χ1n) is 11.1. The van der Waals surface area contributed by atoms with Crippen LogP contribution < -0.4 is 0 Å². The summed E-state index contributed by atoms with van der Waals surface area (Å²) < 4.78 is 1.21. The van der Waals surface area contributed by atoms with Gasteiger partial charge in [-0.3, -0.25) is 19.3 Å². The fourth-order valence-electron chi connectivity index (χ4n) is 5.26. The van der Waals surface area contributed by atoms with Crippen molar-refractivity contribution in [3.63, 3.8) is 0 Å². The van der Waals surface area contributed by atoms with E-state index in [1.54, 1.807) is 11.3 Å². The molecule has 0 spiro atoms. The monoisotopic (exact) mass is 425 g/mol. The lowest BCUT2D eigenvalue weighted by Crippen LogP contribution is -2.40. The SMILES string of the molecule is O=C(CCN1C(=O)[C@H]2CCCC[C@@H]2C1=O)N1CCC(c2nc3ccccc3s2)CC1. The van der Waals surface area contributed by atoms with Crippen molar-refractivity contribution in [3.8, 4) is 0 Å². The molecule has 3 aliphatic rings. The molecule has 2 saturated heterocycles. The first-order chi connectivity index (χ1) is 14.6. The van der Waals surface area contributed by atoms with Gasteiger partial charge >= 0.3 is 0 Å². The van der Waals surface area contributed by atoms with E-state index in [-0.39, 0.29) is 42.5 Å². The third kappa shape index (κ3) is 3.53. The van der Waals surface area contributed by atoms with Gasteiger partial charge in [-0.05, 0) is 37.8 Å². The van der Waals surface area contributed by atoms with Crippen LogP contribution in [0.4, 0.5) is 0 Å². The van der Waals surface area contributed by atoms with Gasteiger partial charge in [0.1, 0.15) is 0 Å². The molecular weight excluding hydrogens is 398 g/mol. The largest absolute Gasteiger partial charge is 0.343 e. The molecule has 0 unspecified atom stereocenters. The number of hydrogen-bond acceptors (Lipinski definition) is 5. The minimum Gasteiger partial charge on any atom is -0.343 e. The summed E-state index contributed by atoms with van der Waals surface area (Å²) in [5, 5.41) is 1.17. The van der Waals surface area contributed by atoms with Crippen molar-refractivity contribution < 1.29 is 14.4 Å². The number of carbonyl (C=O) groups excluding carboxylic acids is 3. The van der Waals surface area contributed by atoms with Crippen LogP contribution in [-0.2, 0) is 14.4 Å². The lowest BCUT2D eigenvalue weighted by Gasteiger charge is -2.31. The molecular formula is C23H27N3O3S. The van der Waals surface area contributed by atoms with E-state index in [1.165, 1.54) is 14.6 Å².